The lowest BCUT2D eigenvalue weighted by Gasteiger charge is -2.06. The van der Waals surface area contributed by atoms with E-state index in [1.54, 1.807) is 24.5 Å². The van der Waals surface area contributed by atoms with Gasteiger partial charge < -0.3 is 11.1 Å². The van der Waals surface area contributed by atoms with E-state index < -0.39 is 0 Å². The fourth-order valence-electron chi connectivity index (χ4n) is 1.74. The second-order valence-corrected chi connectivity index (χ2v) is 4.58. The van der Waals surface area contributed by atoms with Crippen molar-refractivity contribution in [2.24, 2.45) is 5.73 Å². The summed E-state index contributed by atoms with van der Waals surface area (Å²) >= 11 is 4.78. The summed E-state index contributed by atoms with van der Waals surface area (Å²) in [4.78, 5) is 20.9. The Labute approximate surface area is 116 Å². The van der Waals surface area contributed by atoms with Crippen LogP contribution in [0.4, 0.5) is 0 Å². The summed E-state index contributed by atoms with van der Waals surface area (Å²) in [7, 11) is 0. The summed E-state index contributed by atoms with van der Waals surface area (Å²) in [5, 5.41) is 2.82. The van der Waals surface area contributed by atoms with Crippen molar-refractivity contribution < 1.29 is 4.79 Å². The molecule has 0 atom stereocenters. The molecule has 0 saturated heterocycles. The molecule has 0 saturated carbocycles. The minimum atomic E-state index is -0.158. The van der Waals surface area contributed by atoms with E-state index in [9.17, 15) is 4.79 Å². The Morgan fingerprint density at radius 2 is 2.11 bits per heavy atom. The standard InChI is InChI=1S/C13H14N4OS/c14-11(19)5-2-6-17-13(18)9-3-1-4-10-12(9)16-8-7-15-10/h1,3-4,7-8H,2,5-6H2,(H2,14,19)(H,17,18). The molecule has 0 aliphatic heterocycles. The van der Waals surface area contributed by atoms with Crippen LogP contribution in [0.3, 0.4) is 0 Å². The van der Waals surface area contributed by atoms with Gasteiger partial charge in [0.15, 0.2) is 0 Å². The van der Waals surface area contributed by atoms with Crippen LogP contribution in [0.25, 0.3) is 11.0 Å². The number of nitrogens with one attached hydrogen (secondary N) is 1. The zero-order chi connectivity index (χ0) is 13.7. The van der Waals surface area contributed by atoms with E-state index in [1.165, 1.54) is 0 Å². The van der Waals surface area contributed by atoms with Crippen LogP contribution in [-0.4, -0.2) is 27.4 Å². The number of para-hydroxylation sites is 1. The van der Waals surface area contributed by atoms with Gasteiger partial charge in [-0.15, -0.1) is 0 Å². The van der Waals surface area contributed by atoms with Crippen molar-refractivity contribution in [3.05, 3.63) is 36.2 Å². The van der Waals surface area contributed by atoms with Crippen molar-refractivity contribution in [2.45, 2.75) is 12.8 Å². The predicted molar refractivity (Wildman–Crippen MR) is 77.9 cm³/mol. The van der Waals surface area contributed by atoms with E-state index in [-0.39, 0.29) is 5.91 Å². The van der Waals surface area contributed by atoms with Crippen LogP contribution in [0.1, 0.15) is 23.2 Å². The van der Waals surface area contributed by atoms with Gasteiger partial charge in [0.2, 0.25) is 0 Å². The normalized spacial score (nSPS) is 10.3. The smallest absolute Gasteiger partial charge is 0.253 e. The molecule has 19 heavy (non-hydrogen) atoms. The summed E-state index contributed by atoms with van der Waals surface area (Å²) in [5.74, 6) is -0.158. The maximum Gasteiger partial charge on any atom is 0.253 e. The van der Waals surface area contributed by atoms with Crippen molar-refractivity contribution in [3.8, 4) is 0 Å². The molecule has 1 aromatic heterocycles. The zero-order valence-electron chi connectivity index (χ0n) is 10.3. The molecule has 0 bridgehead atoms. The van der Waals surface area contributed by atoms with Gasteiger partial charge >= 0.3 is 0 Å². The monoisotopic (exact) mass is 274 g/mol. The molecular weight excluding hydrogens is 260 g/mol. The van der Waals surface area contributed by atoms with E-state index in [0.29, 0.717) is 34.6 Å². The number of thiocarbonyl (C=S) groups is 1. The van der Waals surface area contributed by atoms with Crippen molar-refractivity contribution in [3.63, 3.8) is 0 Å². The molecule has 6 heteroatoms. The molecular formula is C13H14N4OS. The number of amides is 1. The largest absolute Gasteiger partial charge is 0.393 e. The van der Waals surface area contributed by atoms with Gasteiger partial charge in [-0.3, -0.25) is 14.8 Å². The summed E-state index contributed by atoms with van der Waals surface area (Å²) in [5.41, 5.74) is 7.24. The van der Waals surface area contributed by atoms with Crippen molar-refractivity contribution in [1.29, 1.82) is 0 Å². The van der Waals surface area contributed by atoms with Crippen LogP contribution in [0, 0.1) is 0 Å². The molecule has 3 N–H and O–H groups in total. The number of aromatic nitrogens is 2. The predicted octanol–water partition coefficient (Wildman–Crippen LogP) is 1.43. The number of benzene rings is 1. The number of nitrogens with two attached hydrogens (primary N) is 1. The van der Waals surface area contributed by atoms with E-state index >= 15 is 0 Å². The molecule has 1 aromatic carbocycles. The van der Waals surface area contributed by atoms with Gasteiger partial charge in [-0.1, -0.05) is 18.3 Å². The van der Waals surface area contributed by atoms with Gasteiger partial charge in [0.25, 0.3) is 5.91 Å². The van der Waals surface area contributed by atoms with Gasteiger partial charge in [0.1, 0.15) is 5.52 Å². The molecule has 0 radical (unpaired) electrons. The van der Waals surface area contributed by atoms with Crippen LogP contribution >= 0.6 is 12.2 Å². The summed E-state index contributed by atoms with van der Waals surface area (Å²) < 4.78 is 0. The average molecular weight is 274 g/mol. The highest BCUT2D eigenvalue weighted by Crippen LogP contribution is 2.13. The van der Waals surface area contributed by atoms with E-state index in [1.807, 2.05) is 6.07 Å². The van der Waals surface area contributed by atoms with Crippen LogP contribution in [0.5, 0.6) is 0 Å². The highest BCUT2D eigenvalue weighted by Gasteiger charge is 2.10. The molecule has 5 nitrogen and oxygen atoms in total. The van der Waals surface area contributed by atoms with Gasteiger partial charge in [-0.2, -0.15) is 0 Å². The average Bonchev–Trinajstić information content (AvgIpc) is 2.42. The lowest BCUT2D eigenvalue weighted by atomic mass is 10.1. The van der Waals surface area contributed by atoms with Gasteiger partial charge in [0, 0.05) is 18.9 Å². The maximum absolute atomic E-state index is 12.1. The molecule has 0 aliphatic rings. The van der Waals surface area contributed by atoms with E-state index in [4.69, 9.17) is 18.0 Å². The SMILES string of the molecule is NC(=S)CCCNC(=O)c1cccc2nccnc12. The van der Waals surface area contributed by atoms with Crippen LogP contribution in [0.2, 0.25) is 0 Å². The Hall–Kier alpha value is -2.08. The summed E-state index contributed by atoms with van der Waals surface area (Å²) in [6, 6.07) is 5.35. The number of carbonyl (C=O) groups excluding carboxylic acids is 1. The minimum absolute atomic E-state index is 0.158. The van der Waals surface area contributed by atoms with Gasteiger partial charge in [-0.05, 0) is 25.0 Å². The molecule has 0 unspecified atom stereocenters. The maximum atomic E-state index is 12.1. The number of rotatable bonds is 5. The molecule has 0 aliphatic carbocycles. The third kappa shape index (κ3) is 3.45. The molecule has 1 heterocycles. The van der Waals surface area contributed by atoms with Crippen molar-refractivity contribution >= 4 is 34.1 Å². The van der Waals surface area contributed by atoms with Gasteiger partial charge in [-0.25, -0.2) is 0 Å². The van der Waals surface area contributed by atoms with Crippen LogP contribution in [-0.2, 0) is 0 Å². The van der Waals surface area contributed by atoms with Crippen LogP contribution < -0.4 is 11.1 Å². The van der Waals surface area contributed by atoms with E-state index in [2.05, 4.69) is 15.3 Å². The lowest BCUT2D eigenvalue weighted by Crippen LogP contribution is -2.25. The highest BCUT2D eigenvalue weighted by atomic mass is 32.1. The van der Waals surface area contributed by atoms with Gasteiger partial charge in [0.05, 0.1) is 16.1 Å². The molecule has 0 spiro atoms. The first-order chi connectivity index (χ1) is 9.18. The Kier molecular flexibility index (Phi) is 4.35. The summed E-state index contributed by atoms with van der Waals surface area (Å²) in [6.45, 7) is 0.535. The minimum Gasteiger partial charge on any atom is -0.393 e. The summed E-state index contributed by atoms with van der Waals surface area (Å²) in [6.07, 6.45) is 4.54. The number of hydrogen-bond acceptors (Lipinski definition) is 4. The fraction of sp³-hybridized carbons (Fsp3) is 0.231. The number of carbonyl (C=O) groups is 1. The van der Waals surface area contributed by atoms with Crippen molar-refractivity contribution in [1.82, 2.24) is 15.3 Å². The number of hydrogen-bond donors (Lipinski definition) is 2. The molecule has 2 rings (SSSR count). The molecule has 2 aromatic rings. The first-order valence-corrected chi connectivity index (χ1v) is 6.35. The quantitative estimate of drug-likeness (QED) is 0.636. The number of nitrogens with zero attached hydrogens (tertiary/aromatic N) is 2. The Bertz CT molecular complexity index is 609. The third-order valence-corrected chi connectivity index (χ3v) is 2.83. The number of fused-ring (bicyclic) bond motifs is 1. The third-order valence-electron chi connectivity index (χ3n) is 2.63. The Morgan fingerprint density at radius 3 is 2.89 bits per heavy atom. The Morgan fingerprint density at radius 1 is 1.32 bits per heavy atom. The molecule has 0 fully saturated rings. The second-order valence-electron chi connectivity index (χ2n) is 4.06. The van der Waals surface area contributed by atoms with Crippen LogP contribution in [0.15, 0.2) is 30.6 Å². The molecule has 98 valence electrons. The first kappa shape index (κ1) is 13.4. The van der Waals surface area contributed by atoms with E-state index in [0.717, 1.165) is 6.42 Å². The zero-order valence-corrected chi connectivity index (χ0v) is 11.1. The van der Waals surface area contributed by atoms with Crippen molar-refractivity contribution in [2.75, 3.05) is 6.54 Å². The Balaban J connectivity index is 2.07. The molecule has 1 amide bonds. The topological polar surface area (TPSA) is 80.9 Å². The first-order valence-electron chi connectivity index (χ1n) is 5.94. The second kappa shape index (κ2) is 6.19. The fourth-order valence-corrected chi connectivity index (χ4v) is 1.88. The lowest BCUT2D eigenvalue weighted by molar-refractivity contribution is 0.0955. The highest BCUT2D eigenvalue weighted by molar-refractivity contribution is 7.80.